The van der Waals surface area contributed by atoms with Gasteiger partial charge in [-0.2, -0.15) is 0 Å². The van der Waals surface area contributed by atoms with Gasteiger partial charge in [0.15, 0.2) is 6.10 Å². The predicted octanol–water partition coefficient (Wildman–Crippen LogP) is 2.42. The third-order valence-corrected chi connectivity index (χ3v) is 4.35. The fourth-order valence-corrected chi connectivity index (χ4v) is 2.64. The Balaban J connectivity index is 2.10. The number of hydrogen-bond acceptors (Lipinski definition) is 5. The Bertz CT molecular complexity index is 878. The van der Waals surface area contributed by atoms with Gasteiger partial charge in [-0.05, 0) is 43.3 Å². The van der Waals surface area contributed by atoms with Crippen LogP contribution < -0.4 is 5.14 Å². The lowest BCUT2D eigenvalue weighted by Gasteiger charge is -2.12. The highest BCUT2D eigenvalue weighted by Crippen LogP contribution is 2.15. The van der Waals surface area contributed by atoms with Gasteiger partial charge in [0.1, 0.15) is 0 Å². The summed E-state index contributed by atoms with van der Waals surface area (Å²) < 4.78 is 27.4. The highest BCUT2D eigenvalue weighted by Gasteiger charge is 2.21. The van der Waals surface area contributed by atoms with Crippen LogP contribution in [-0.2, 0) is 14.8 Å². The van der Waals surface area contributed by atoms with Crippen molar-refractivity contribution < 1.29 is 22.7 Å². The van der Waals surface area contributed by atoms with Crippen molar-refractivity contribution in [3.8, 4) is 0 Å². The molecule has 0 saturated carbocycles. The van der Waals surface area contributed by atoms with Crippen molar-refractivity contribution in [3.05, 3.63) is 64.7 Å². The molecule has 0 aliphatic carbocycles. The third-order valence-electron chi connectivity index (χ3n) is 3.18. The van der Waals surface area contributed by atoms with Crippen LogP contribution >= 0.6 is 11.6 Å². The van der Waals surface area contributed by atoms with E-state index >= 15 is 0 Å². The van der Waals surface area contributed by atoms with E-state index in [2.05, 4.69) is 0 Å². The van der Waals surface area contributed by atoms with Gasteiger partial charge in [0, 0.05) is 10.6 Å². The Morgan fingerprint density at radius 1 is 1.08 bits per heavy atom. The summed E-state index contributed by atoms with van der Waals surface area (Å²) in [5.41, 5.74) is 0.431. The average Bonchev–Trinajstić information content (AvgIpc) is 2.53. The molecule has 0 bridgehead atoms. The molecule has 8 heteroatoms. The molecule has 0 aliphatic heterocycles. The number of primary sulfonamides is 1. The maximum Gasteiger partial charge on any atom is 0.338 e. The number of nitrogens with two attached hydrogens (primary N) is 1. The largest absolute Gasteiger partial charge is 0.451 e. The van der Waals surface area contributed by atoms with Crippen LogP contribution in [0.3, 0.4) is 0 Å². The SMILES string of the molecule is C[C@H](OC(=O)c1ccc(S(N)(=O)=O)cc1)C(=O)c1cccc(Cl)c1. The molecule has 1 atom stereocenters. The molecule has 2 aromatic rings. The number of halogens is 1. The second-order valence-electron chi connectivity index (χ2n) is 4.99. The Morgan fingerprint density at radius 2 is 1.71 bits per heavy atom. The van der Waals surface area contributed by atoms with E-state index in [-0.39, 0.29) is 10.5 Å². The molecule has 0 aliphatic rings. The lowest BCUT2D eigenvalue weighted by Crippen LogP contribution is -2.24. The van der Waals surface area contributed by atoms with Gasteiger partial charge in [-0.3, -0.25) is 4.79 Å². The summed E-state index contributed by atoms with van der Waals surface area (Å²) in [4.78, 5) is 24.1. The van der Waals surface area contributed by atoms with Crippen molar-refractivity contribution in [2.24, 2.45) is 5.14 Å². The second-order valence-corrected chi connectivity index (χ2v) is 6.99. The lowest BCUT2D eigenvalue weighted by atomic mass is 10.1. The molecule has 0 radical (unpaired) electrons. The number of sulfonamides is 1. The zero-order valence-electron chi connectivity index (χ0n) is 12.6. The topological polar surface area (TPSA) is 104 Å². The molecule has 0 fully saturated rings. The van der Waals surface area contributed by atoms with Crippen LogP contribution in [0.1, 0.15) is 27.6 Å². The van der Waals surface area contributed by atoms with Crippen molar-refractivity contribution in [1.82, 2.24) is 0 Å². The van der Waals surface area contributed by atoms with Crippen LogP contribution in [-0.4, -0.2) is 26.3 Å². The normalized spacial score (nSPS) is 12.5. The maximum atomic E-state index is 12.2. The Kier molecular flexibility index (Phi) is 5.38. The van der Waals surface area contributed by atoms with Gasteiger partial charge in [-0.1, -0.05) is 23.7 Å². The average molecular weight is 368 g/mol. The molecule has 0 aromatic heterocycles. The number of benzene rings is 2. The van der Waals surface area contributed by atoms with Gasteiger partial charge < -0.3 is 4.74 Å². The van der Waals surface area contributed by atoms with Crippen molar-refractivity contribution in [1.29, 1.82) is 0 Å². The number of ether oxygens (including phenoxy) is 1. The first-order chi connectivity index (χ1) is 11.2. The minimum Gasteiger partial charge on any atom is -0.451 e. The summed E-state index contributed by atoms with van der Waals surface area (Å²) >= 11 is 5.83. The molecule has 126 valence electrons. The minimum atomic E-state index is -3.84. The highest BCUT2D eigenvalue weighted by atomic mass is 35.5. The lowest BCUT2D eigenvalue weighted by molar-refractivity contribution is 0.0318. The summed E-state index contributed by atoms with van der Waals surface area (Å²) in [6.07, 6.45) is -1.02. The fraction of sp³-hybridized carbons (Fsp3) is 0.125. The highest BCUT2D eigenvalue weighted by molar-refractivity contribution is 7.89. The van der Waals surface area contributed by atoms with Crippen LogP contribution in [0.2, 0.25) is 5.02 Å². The van der Waals surface area contributed by atoms with Crippen LogP contribution in [0.5, 0.6) is 0 Å². The number of esters is 1. The Hall–Kier alpha value is -2.22. The van der Waals surface area contributed by atoms with E-state index in [0.29, 0.717) is 10.6 Å². The number of Topliss-reactive ketones (excluding diaryl/α,β-unsaturated/α-hetero) is 1. The number of ketones is 1. The molecule has 0 spiro atoms. The summed E-state index contributed by atoms with van der Waals surface area (Å²) in [6, 6.07) is 11.2. The molecule has 0 amide bonds. The standard InChI is InChI=1S/C16H14ClNO5S/c1-10(15(19)12-3-2-4-13(17)9-12)23-16(20)11-5-7-14(8-6-11)24(18,21)22/h2-10H,1H3,(H2,18,21,22)/t10-/m0/s1. The molecule has 0 saturated heterocycles. The monoisotopic (exact) mass is 367 g/mol. The second kappa shape index (κ2) is 7.12. The molecule has 6 nitrogen and oxygen atoms in total. The molecular weight excluding hydrogens is 354 g/mol. The zero-order valence-corrected chi connectivity index (χ0v) is 14.2. The Labute approximate surface area is 144 Å². The third kappa shape index (κ3) is 4.41. The zero-order chi connectivity index (χ0) is 17.9. The van der Waals surface area contributed by atoms with Crippen molar-refractivity contribution >= 4 is 33.4 Å². The first-order valence-electron chi connectivity index (χ1n) is 6.82. The van der Waals surface area contributed by atoms with Gasteiger partial charge in [-0.25, -0.2) is 18.4 Å². The van der Waals surface area contributed by atoms with Crippen molar-refractivity contribution in [3.63, 3.8) is 0 Å². The van der Waals surface area contributed by atoms with E-state index in [9.17, 15) is 18.0 Å². The van der Waals surface area contributed by atoms with E-state index in [1.807, 2.05) is 0 Å². The van der Waals surface area contributed by atoms with E-state index < -0.39 is 27.9 Å². The predicted molar refractivity (Wildman–Crippen MR) is 88.5 cm³/mol. The summed E-state index contributed by atoms with van der Waals surface area (Å²) in [5, 5.41) is 5.38. The smallest absolute Gasteiger partial charge is 0.338 e. The molecule has 2 N–H and O–H groups in total. The van der Waals surface area contributed by atoms with Gasteiger partial charge in [0.2, 0.25) is 15.8 Å². The minimum absolute atomic E-state index is 0.105. The molecule has 2 rings (SSSR count). The van der Waals surface area contributed by atoms with Gasteiger partial charge in [0.25, 0.3) is 0 Å². The number of hydrogen-bond donors (Lipinski definition) is 1. The van der Waals surface area contributed by atoms with Gasteiger partial charge >= 0.3 is 5.97 Å². The van der Waals surface area contributed by atoms with E-state index in [1.54, 1.807) is 18.2 Å². The fourth-order valence-electron chi connectivity index (χ4n) is 1.94. The van der Waals surface area contributed by atoms with E-state index in [4.69, 9.17) is 21.5 Å². The number of carbonyl (C=O) groups is 2. The molecule has 2 aromatic carbocycles. The molecule has 0 unspecified atom stereocenters. The Morgan fingerprint density at radius 3 is 2.25 bits per heavy atom. The first kappa shape index (κ1) is 18.1. The van der Waals surface area contributed by atoms with Crippen molar-refractivity contribution in [2.45, 2.75) is 17.9 Å². The molecular formula is C16H14ClNO5S. The van der Waals surface area contributed by atoms with Crippen LogP contribution in [0, 0.1) is 0 Å². The van der Waals surface area contributed by atoms with Crippen LogP contribution in [0.15, 0.2) is 53.4 Å². The first-order valence-corrected chi connectivity index (χ1v) is 8.74. The van der Waals surface area contributed by atoms with Crippen LogP contribution in [0.4, 0.5) is 0 Å². The van der Waals surface area contributed by atoms with E-state index in [0.717, 1.165) is 0 Å². The van der Waals surface area contributed by atoms with Gasteiger partial charge in [-0.15, -0.1) is 0 Å². The number of rotatable bonds is 5. The van der Waals surface area contributed by atoms with Crippen LogP contribution in [0.25, 0.3) is 0 Å². The summed E-state index contributed by atoms with van der Waals surface area (Å²) in [5.74, 6) is -1.15. The van der Waals surface area contributed by atoms with Crippen molar-refractivity contribution in [2.75, 3.05) is 0 Å². The van der Waals surface area contributed by atoms with Gasteiger partial charge in [0.05, 0.1) is 10.5 Å². The summed E-state index contributed by atoms with van der Waals surface area (Å²) in [6.45, 7) is 1.44. The molecule has 0 heterocycles. The number of carbonyl (C=O) groups excluding carboxylic acids is 2. The quantitative estimate of drug-likeness (QED) is 0.645. The summed E-state index contributed by atoms with van der Waals surface area (Å²) in [7, 11) is -3.84. The van der Waals surface area contributed by atoms with E-state index in [1.165, 1.54) is 37.3 Å². The molecule has 24 heavy (non-hydrogen) atoms. The maximum absolute atomic E-state index is 12.2.